The number of hydrogen-bond donors (Lipinski definition) is 1. The summed E-state index contributed by atoms with van der Waals surface area (Å²) in [5.41, 5.74) is 1.13. The summed E-state index contributed by atoms with van der Waals surface area (Å²) in [6, 6.07) is 12.9. The van der Waals surface area contributed by atoms with E-state index in [0.717, 1.165) is 9.99 Å². The number of carbonyl (C=O) groups excluding carboxylic acids is 1. The van der Waals surface area contributed by atoms with Crippen molar-refractivity contribution in [1.29, 1.82) is 0 Å². The van der Waals surface area contributed by atoms with Crippen molar-refractivity contribution in [2.24, 2.45) is 0 Å². The van der Waals surface area contributed by atoms with Gasteiger partial charge in [0.05, 0.1) is 5.56 Å². The molecule has 25 heavy (non-hydrogen) atoms. The van der Waals surface area contributed by atoms with Gasteiger partial charge >= 0.3 is 10.2 Å². The van der Waals surface area contributed by atoms with Gasteiger partial charge in [0.1, 0.15) is 5.82 Å². The fraction of sp³-hybridized carbons (Fsp3) is 0.294. The van der Waals surface area contributed by atoms with E-state index in [4.69, 9.17) is 0 Å². The highest BCUT2D eigenvalue weighted by Gasteiger charge is 2.21. The zero-order valence-electron chi connectivity index (χ0n) is 14.5. The van der Waals surface area contributed by atoms with Gasteiger partial charge in [0.25, 0.3) is 5.91 Å². The van der Waals surface area contributed by atoms with Crippen molar-refractivity contribution in [3.05, 3.63) is 54.2 Å². The molecule has 0 saturated heterocycles. The molecule has 1 amide bonds. The number of hydrogen-bond acceptors (Lipinski definition) is 5. The monoisotopic (exact) mass is 362 g/mol. The highest BCUT2D eigenvalue weighted by molar-refractivity contribution is 7.87. The molecule has 0 saturated carbocycles. The van der Waals surface area contributed by atoms with E-state index >= 15 is 0 Å². The van der Waals surface area contributed by atoms with Crippen LogP contribution in [0.1, 0.15) is 23.7 Å². The number of para-hydroxylation sites is 1. The molecule has 8 heteroatoms. The molecule has 0 aliphatic heterocycles. The van der Waals surface area contributed by atoms with Crippen LogP contribution < -0.4 is 9.62 Å². The zero-order valence-corrected chi connectivity index (χ0v) is 15.3. The van der Waals surface area contributed by atoms with Gasteiger partial charge in [0.2, 0.25) is 0 Å². The number of rotatable bonds is 7. The van der Waals surface area contributed by atoms with Crippen molar-refractivity contribution in [3.8, 4) is 0 Å². The molecule has 2 aromatic rings. The third-order valence-corrected chi connectivity index (χ3v) is 5.11. The Balaban J connectivity index is 2.10. The summed E-state index contributed by atoms with van der Waals surface area (Å²) in [7, 11) is -0.555. The van der Waals surface area contributed by atoms with Crippen LogP contribution >= 0.6 is 0 Å². The first-order chi connectivity index (χ1) is 11.8. The summed E-state index contributed by atoms with van der Waals surface area (Å²) in [6.07, 6.45) is 2.02. The highest BCUT2D eigenvalue weighted by atomic mass is 32.2. The van der Waals surface area contributed by atoms with Crippen molar-refractivity contribution in [3.63, 3.8) is 0 Å². The average molecular weight is 362 g/mol. The summed E-state index contributed by atoms with van der Waals surface area (Å²) >= 11 is 0. The molecule has 0 aliphatic carbocycles. The molecule has 2 rings (SSSR count). The van der Waals surface area contributed by atoms with E-state index in [1.165, 1.54) is 13.2 Å². The molecule has 0 unspecified atom stereocenters. The molecule has 1 heterocycles. The van der Waals surface area contributed by atoms with Crippen LogP contribution in [0, 0.1) is 0 Å². The summed E-state index contributed by atoms with van der Waals surface area (Å²) < 4.78 is 27.2. The topological polar surface area (TPSA) is 82.6 Å². The molecular weight excluding hydrogens is 340 g/mol. The molecule has 0 radical (unpaired) electrons. The van der Waals surface area contributed by atoms with E-state index in [1.807, 2.05) is 53.9 Å². The van der Waals surface area contributed by atoms with Crippen LogP contribution in [0.2, 0.25) is 0 Å². The predicted octanol–water partition coefficient (Wildman–Crippen LogP) is 2.17. The van der Waals surface area contributed by atoms with Crippen LogP contribution in [0.15, 0.2) is 48.7 Å². The summed E-state index contributed by atoms with van der Waals surface area (Å²) in [5.74, 6) is -0.0573. The first-order valence-corrected chi connectivity index (χ1v) is 9.32. The van der Waals surface area contributed by atoms with Crippen molar-refractivity contribution in [2.45, 2.75) is 13.3 Å². The lowest BCUT2D eigenvalue weighted by molar-refractivity contribution is 0.0979. The fourth-order valence-corrected chi connectivity index (χ4v) is 3.12. The summed E-state index contributed by atoms with van der Waals surface area (Å²) in [6.45, 7) is 2.20. The second-order valence-electron chi connectivity index (χ2n) is 5.56. The molecule has 1 aromatic heterocycles. The molecule has 0 fully saturated rings. The standard InChI is InChI=1S/C17H22N4O3S/c1-4-12-20(2)25(23,24)19-17(22)14-10-11-16(18-13-14)21(3)15-8-6-5-7-9-15/h5-11,13H,4,12H2,1-3H3,(H,19,22). The maximum atomic E-state index is 12.1. The number of amides is 1. The van der Waals surface area contributed by atoms with Crippen LogP contribution in [0.5, 0.6) is 0 Å². The van der Waals surface area contributed by atoms with E-state index < -0.39 is 16.1 Å². The first kappa shape index (κ1) is 18.9. The number of aromatic nitrogens is 1. The minimum Gasteiger partial charge on any atom is -0.329 e. The molecule has 7 nitrogen and oxygen atoms in total. The summed E-state index contributed by atoms with van der Waals surface area (Å²) in [5, 5.41) is 0. The molecule has 1 N–H and O–H groups in total. The van der Waals surface area contributed by atoms with Crippen molar-refractivity contribution >= 4 is 27.6 Å². The first-order valence-electron chi connectivity index (χ1n) is 7.88. The lowest BCUT2D eigenvalue weighted by Gasteiger charge is -2.19. The van der Waals surface area contributed by atoms with Gasteiger partial charge in [-0.05, 0) is 30.7 Å². The van der Waals surface area contributed by atoms with Crippen LogP contribution in [-0.4, -0.2) is 44.3 Å². The van der Waals surface area contributed by atoms with Gasteiger partial charge < -0.3 is 4.90 Å². The van der Waals surface area contributed by atoms with E-state index in [1.54, 1.807) is 12.1 Å². The second-order valence-corrected chi connectivity index (χ2v) is 7.34. The van der Waals surface area contributed by atoms with Crippen molar-refractivity contribution < 1.29 is 13.2 Å². The van der Waals surface area contributed by atoms with Crippen LogP contribution in [-0.2, 0) is 10.2 Å². The van der Waals surface area contributed by atoms with Gasteiger partial charge in [-0.15, -0.1) is 0 Å². The van der Waals surface area contributed by atoms with Gasteiger partial charge in [-0.1, -0.05) is 25.1 Å². The van der Waals surface area contributed by atoms with Gasteiger partial charge in [0, 0.05) is 32.5 Å². The Morgan fingerprint density at radius 1 is 1.12 bits per heavy atom. The number of carbonyl (C=O) groups is 1. The Hall–Kier alpha value is -2.45. The van der Waals surface area contributed by atoms with E-state index in [0.29, 0.717) is 18.8 Å². The largest absolute Gasteiger partial charge is 0.329 e. The molecule has 0 aliphatic rings. The molecule has 134 valence electrons. The number of benzene rings is 1. The predicted molar refractivity (Wildman–Crippen MR) is 98.0 cm³/mol. The number of nitrogens with one attached hydrogen (secondary N) is 1. The molecule has 1 aromatic carbocycles. The minimum atomic E-state index is -3.84. The third kappa shape index (κ3) is 4.77. The number of anilines is 2. The maximum Gasteiger partial charge on any atom is 0.303 e. The average Bonchev–Trinajstić information content (AvgIpc) is 2.62. The molecule has 0 atom stereocenters. The Labute approximate surface area is 148 Å². The lowest BCUT2D eigenvalue weighted by atomic mass is 10.2. The molecular formula is C17H22N4O3S. The number of nitrogens with zero attached hydrogens (tertiary/aromatic N) is 3. The Bertz CT molecular complexity index is 808. The van der Waals surface area contributed by atoms with Gasteiger partial charge in [-0.3, -0.25) is 4.79 Å². The lowest BCUT2D eigenvalue weighted by Crippen LogP contribution is -2.41. The van der Waals surface area contributed by atoms with E-state index in [2.05, 4.69) is 4.98 Å². The Kier molecular flexibility index (Phi) is 6.11. The van der Waals surface area contributed by atoms with E-state index in [9.17, 15) is 13.2 Å². The van der Waals surface area contributed by atoms with Crippen LogP contribution in [0.4, 0.5) is 11.5 Å². The minimum absolute atomic E-state index is 0.179. The van der Waals surface area contributed by atoms with Crippen molar-refractivity contribution in [2.75, 3.05) is 25.5 Å². The second kappa shape index (κ2) is 8.09. The summed E-state index contributed by atoms with van der Waals surface area (Å²) in [4.78, 5) is 18.3. The third-order valence-electron chi connectivity index (χ3n) is 3.67. The Morgan fingerprint density at radius 2 is 1.80 bits per heavy atom. The number of pyridine rings is 1. The molecule has 0 bridgehead atoms. The fourth-order valence-electron chi connectivity index (χ4n) is 2.19. The van der Waals surface area contributed by atoms with Gasteiger partial charge in [-0.25, -0.2) is 9.71 Å². The Morgan fingerprint density at radius 3 is 2.36 bits per heavy atom. The SMILES string of the molecule is CCCN(C)S(=O)(=O)NC(=O)c1ccc(N(C)c2ccccc2)nc1. The van der Waals surface area contributed by atoms with Crippen LogP contribution in [0.25, 0.3) is 0 Å². The van der Waals surface area contributed by atoms with Gasteiger partial charge in [0.15, 0.2) is 0 Å². The van der Waals surface area contributed by atoms with Crippen LogP contribution in [0.3, 0.4) is 0 Å². The quantitative estimate of drug-likeness (QED) is 0.816. The van der Waals surface area contributed by atoms with Crippen molar-refractivity contribution in [1.82, 2.24) is 14.0 Å². The zero-order chi connectivity index (χ0) is 18.4. The normalized spacial score (nSPS) is 11.4. The smallest absolute Gasteiger partial charge is 0.303 e. The molecule has 0 spiro atoms. The maximum absolute atomic E-state index is 12.1. The van der Waals surface area contributed by atoms with Gasteiger partial charge in [-0.2, -0.15) is 12.7 Å². The van der Waals surface area contributed by atoms with E-state index in [-0.39, 0.29) is 5.56 Å². The highest BCUT2D eigenvalue weighted by Crippen LogP contribution is 2.20.